The number of hydrogen-bond donors (Lipinski definition) is 0. The Morgan fingerprint density at radius 1 is 1.27 bits per heavy atom. The number of carbonyl (C=O) groups is 1. The average Bonchev–Trinajstić information content (AvgIpc) is 3.18. The zero-order chi connectivity index (χ0) is 15.4. The third-order valence-corrected chi connectivity index (χ3v) is 3.82. The second-order valence-electron chi connectivity index (χ2n) is 4.55. The second kappa shape index (κ2) is 6.53. The average molecular weight is 317 g/mol. The molecule has 0 amide bonds. The van der Waals surface area contributed by atoms with E-state index in [0.717, 1.165) is 4.88 Å². The van der Waals surface area contributed by atoms with Crippen LogP contribution in [-0.2, 0) is 22.6 Å². The molecular formula is C16H12FNO3S. The molecule has 0 atom stereocenters. The van der Waals surface area contributed by atoms with Crippen molar-refractivity contribution in [1.29, 1.82) is 0 Å². The Morgan fingerprint density at radius 2 is 2.14 bits per heavy atom. The molecule has 22 heavy (non-hydrogen) atoms. The standard InChI is InChI=1S/C16H12FNO3S/c17-13-5-2-1-4-11(13)8-15(19)20-9-12-10-21-16(18-12)14-6-3-7-22-14/h1-7,10H,8-9H2. The van der Waals surface area contributed by atoms with Crippen LogP contribution in [0.4, 0.5) is 4.39 Å². The summed E-state index contributed by atoms with van der Waals surface area (Å²) in [5.74, 6) is -0.429. The first-order valence-corrected chi connectivity index (χ1v) is 7.47. The summed E-state index contributed by atoms with van der Waals surface area (Å²) in [5, 5.41) is 1.92. The minimum absolute atomic E-state index is 0.00214. The molecule has 2 heterocycles. The first-order valence-electron chi connectivity index (χ1n) is 6.59. The molecule has 3 aromatic rings. The Hall–Kier alpha value is -2.47. The highest BCUT2D eigenvalue weighted by molar-refractivity contribution is 7.13. The van der Waals surface area contributed by atoms with Gasteiger partial charge in [-0.1, -0.05) is 24.3 Å². The number of thiophene rings is 1. The molecular weight excluding hydrogens is 305 g/mol. The van der Waals surface area contributed by atoms with E-state index in [1.165, 1.54) is 23.7 Å². The van der Waals surface area contributed by atoms with Gasteiger partial charge in [-0.05, 0) is 23.1 Å². The van der Waals surface area contributed by atoms with Crippen LogP contribution in [0.3, 0.4) is 0 Å². The van der Waals surface area contributed by atoms with Gasteiger partial charge in [-0.25, -0.2) is 9.37 Å². The molecule has 0 aliphatic carbocycles. The number of halogens is 1. The predicted octanol–water partition coefficient (Wildman–Crippen LogP) is 3.83. The third-order valence-electron chi connectivity index (χ3n) is 2.96. The summed E-state index contributed by atoms with van der Waals surface area (Å²) in [4.78, 5) is 16.9. The fourth-order valence-corrected chi connectivity index (χ4v) is 2.54. The number of oxazole rings is 1. The second-order valence-corrected chi connectivity index (χ2v) is 5.50. The van der Waals surface area contributed by atoms with E-state index >= 15 is 0 Å². The first-order chi connectivity index (χ1) is 10.7. The van der Waals surface area contributed by atoms with E-state index in [4.69, 9.17) is 9.15 Å². The quantitative estimate of drug-likeness (QED) is 0.671. The molecule has 1 aromatic carbocycles. The number of esters is 1. The van der Waals surface area contributed by atoms with E-state index in [1.807, 2.05) is 17.5 Å². The van der Waals surface area contributed by atoms with Crippen LogP contribution in [0.25, 0.3) is 10.8 Å². The lowest BCUT2D eigenvalue weighted by atomic mass is 10.1. The van der Waals surface area contributed by atoms with Crippen molar-refractivity contribution < 1.29 is 18.3 Å². The lowest BCUT2D eigenvalue weighted by Crippen LogP contribution is -2.09. The highest BCUT2D eigenvalue weighted by atomic mass is 32.1. The van der Waals surface area contributed by atoms with Gasteiger partial charge in [0.15, 0.2) is 0 Å². The van der Waals surface area contributed by atoms with Gasteiger partial charge < -0.3 is 9.15 Å². The molecule has 0 saturated carbocycles. The van der Waals surface area contributed by atoms with Crippen LogP contribution in [-0.4, -0.2) is 11.0 Å². The largest absolute Gasteiger partial charge is 0.459 e. The maximum absolute atomic E-state index is 13.4. The number of benzene rings is 1. The summed E-state index contributed by atoms with van der Waals surface area (Å²) in [6.45, 7) is 0.00214. The number of nitrogens with zero attached hydrogens (tertiary/aromatic N) is 1. The van der Waals surface area contributed by atoms with Gasteiger partial charge in [0.1, 0.15) is 24.4 Å². The van der Waals surface area contributed by atoms with Crippen molar-refractivity contribution in [2.24, 2.45) is 0 Å². The van der Waals surface area contributed by atoms with Crippen LogP contribution in [0.2, 0.25) is 0 Å². The molecule has 0 radical (unpaired) electrons. The van der Waals surface area contributed by atoms with Crippen molar-refractivity contribution >= 4 is 17.3 Å². The molecule has 0 N–H and O–H groups in total. The van der Waals surface area contributed by atoms with Crippen LogP contribution in [0.1, 0.15) is 11.3 Å². The summed E-state index contributed by atoms with van der Waals surface area (Å²) in [6, 6.07) is 9.92. The molecule has 3 rings (SSSR count). The third kappa shape index (κ3) is 3.40. The number of carbonyl (C=O) groups excluding carboxylic acids is 1. The van der Waals surface area contributed by atoms with Crippen LogP contribution in [0.5, 0.6) is 0 Å². The van der Waals surface area contributed by atoms with Gasteiger partial charge >= 0.3 is 5.97 Å². The summed E-state index contributed by atoms with van der Waals surface area (Å²) in [6.07, 6.45) is 1.34. The topological polar surface area (TPSA) is 52.3 Å². The van der Waals surface area contributed by atoms with Gasteiger partial charge in [-0.2, -0.15) is 0 Å². The molecule has 4 nitrogen and oxygen atoms in total. The number of rotatable bonds is 5. The van der Waals surface area contributed by atoms with E-state index in [0.29, 0.717) is 17.1 Å². The SMILES string of the molecule is O=C(Cc1ccccc1F)OCc1coc(-c2cccs2)n1. The van der Waals surface area contributed by atoms with Gasteiger partial charge in [0, 0.05) is 0 Å². The van der Waals surface area contributed by atoms with Crippen LogP contribution in [0, 0.1) is 5.82 Å². The fourth-order valence-electron chi connectivity index (χ4n) is 1.89. The molecule has 0 spiro atoms. The predicted molar refractivity (Wildman–Crippen MR) is 79.7 cm³/mol. The summed E-state index contributed by atoms with van der Waals surface area (Å²) < 4.78 is 23.9. The summed E-state index contributed by atoms with van der Waals surface area (Å²) >= 11 is 1.51. The Kier molecular flexibility index (Phi) is 4.29. The van der Waals surface area contributed by atoms with Crippen molar-refractivity contribution in [2.45, 2.75) is 13.0 Å². The Bertz CT molecular complexity index is 767. The normalized spacial score (nSPS) is 10.6. The van der Waals surface area contributed by atoms with E-state index < -0.39 is 11.8 Å². The molecule has 6 heteroatoms. The van der Waals surface area contributed by atoms with Gasteiger partial charge in [0.2, 0.25) is 5.89 Å². The molecule has 0 aliphatic rings. The molecule has 0 aliphatic heterocycles. The van der Waals surface area contributed by atoms with Crippen molar-refractivity contribution in [3.63, 3.8) is 0 Å². The number of hydrogen-bond acceptors (Lipinski definition) is 5. The fraction of sp³-hybridized carbons (Fsp3) is 0.125. The van der Waals surface area contributed by atoms with Crippen LogP contribution < -0.4 is 0 Å². The van der Waals surface area contributed by atoms with Gasteiger partial charge in [-0.15, -0.1) is 11.3 Å². The van der Waals surface area contributed by atoms with Gasteiger partial charge in [-0.3, -0.25) is 4.79 Å². The Labute approximate surface area is 130 Å². The monoisotopic (exact) mass is 317 g/mol. The maximum atomic E-state index is 13.4. The Balaban J connectivity index is 1.56. The number of aromatic nitrogens is 1. The zero-order valence-electron chi connectivity index (χ0n) is 11.5. The van der Waals surface area contributed by atoms with E-state index in [2.05, 4.69) is 4.98 Å². The maximum Gasteiger partial charge on any atom is 0.310 e. The molecule has 0 bridgehead atoms. The first kappa shape index (κ1) is 14.5. The molecule has 0 fully saturated rings. The van der Waals surface area contributed by atoms with E-state index in [1.54, 1.807) is 18.2 Å². The van der Waals surface area contributed by atoms with Crippen LogP contribution >= 0.6 is 11.3 Å². The lowest BCUT2D eigenvalue weighted by Gasteiger charge is -2.03. The van der Waals surface area contributed by atoms with E-state index in [-0.39, 0.29) is 13.0 Å². The van der Waals surface area contributed by atoms with Crippen molar-refractivity contribution in [1.82, 2.24) is 4.98 Å². The molecule has 2 aromatic heterocycles. The van der Waals surface area contributed by atoms with Crippen molar-refractivity contribution in [2.75, 3.05) is 0 Å². The minimum Gasteiger partial charge on any atom is -0.459 e. The van der Waals surface area contributed by atoms with Crippen LogP contribution in [0.15, 0.2) is 52.5 Å². The lowest BCUT2D eigenvalue weighted by molar-refractivity contribution is -0.144. The highest BCUT2D eigenvalue weighted by Gasteiger charge is 2.12. The summed E-state index contributed by atoms with van der Waals surface area (Å²) in [5.41, 5.74) is 0.831. The molecule has 112 valence electrons. The molecule has 0 saturated heterocycles. The summed E-state index contributed by atoms with van der Waals surface area (Å²) in [7, 11) is 0. The number of ether oxygens (including phenoxy) is 1. The van der Waals surface area contributed by atoms with Gasteiger partial charge in [0.25, 0.3) is 0 Å². The van der Waals surface area contributed by atoms with Gasteiger partial charge in [0.05, 0.1) is 11.3 Å². The Morgan fingerprint density at radius 3 is 2.91 bits per heavy atom. The highest BCUT2D eigenvalue weighted by Crippen LogP contribution is 2.23. The van der Waals surface area contributed by atoms with E-state index in [9.17, 15) is 9.18 Å². The smallest absolute Gasteiger partial charge is 0.310 e. The minimum atomic E-state index is -0.509. The molecule has 0 unspecified atom stereocenters. The van der Waals surface area contributed by atoms with Crippen molar-refractivity contribution in [3.05, 3.63) is 65.1 Å². The zero-order valence-corrected chi connectivity index (χ0v) is 12.3. The van der Waals surface area contributed by atoms with Crippen molar-refractivity contribution in [3.8, 4) is 10.8 Å².